The van der Waals surface area contributed by atoms with Gasteiger partial charge >= 0.3 is 0 Å². The molecule has 0 aliphatic rings. The molecule has 0 N–H and O–H groups in total. The van der Waals surface area contributed by atoms with Crippen molar-refractivity contribution in [2.24, 2.45) is 0 Å². The summed E-state index contributed by atoms with van der Waals surface area (Å²) < 4.78 is 2.54. The van der Waals surface area contributed by atoms with Gasteiger partial charge in [0.15, 0.2) is 34.9 Å². The Kier molecular flexibility index (Phi) is 14.1. The minimum atomic E-state index is 0.586. The Labute approximate surface area is 527 Å². The highest BCUT2D eigenvalue weighted by Gasteiger charge is 2.28. The Morgan fingerprint density at radius 1 is 0.176 bits per heavy atom. The third kappa shape index (κ3) is 10.5. The van der Waals surface area contributed by atoms with Crippen LogP contribution in [0, 0.1) is 0 Å². The number of nitrogens with zero attached hydrogens (tertiary/aromatic N) is 7. The van der Waals surface area contributed by atoms with Crippen LogP contribution < -0.4 is 0 Å². The fourth-order valence-corrected chi connectivity index (χ4v) is 12.5. The molecule has 3 heterocycles. The quantitative estimate of drug-likeness (QED) is 0.114. The Bertz CT molecular complexity index is 4820. The highest BCUT2D eigenvalue weighted by Crippen LogP contribution is 2.51. The Hall–Kier alpha value is -12.3. The van der Waals surface area contributed by atoms with E-state index in [1.165, 1.54) is 0 Å². The first-order valence-corrected chi connectivity index (χ1v) is 30.6. The topological polar surface area (TPSA) is 82.3 Å². The average Bonchev–Trinajstić information content (AvgIpc) is 1.64. The molecule has 0 aliphatic heterocycles. The van der Waals surface area contributed by atoms with Gasteiger partial charge in [-0.3, -0.25) is 0 Å². The fourth-order valence-electron chi connectivity index (χ4n) is 12.5. The minimum Gasteiger partial charge on any atom is -0.308 e. The summed E-state index contributed by atoms with van der Waals surface area (Å²) in [5, 5.41) is 2.30. The maximum atomic E-state index is 5.15. The second-order valence-corrected chi connectivity index (χ2v) is 22.6. The number of hydrogen-bond donors (Lipinski definition) is 0. The van der Waals surface area contributed by atoms with Gasteiger partial charge in [-0.05, 0) is 86.0 Å². The summed E-state index contributed by atoms with van der Waals surface area (Å²) in [6.07, 6.45) is 0. The first kappa shape index (κ1) is 54.1. The van der Waals surface area contributed by atoms with E-state index in [9.17, 15) is 0 Å². The van der Waals surface area contributed by atoms with E-state index < -0.39 is 0 Å². The van der Waals surface area contributed by atoms with E-state index in [0.29, 0.717) is 34.9 Å². The van der Waals surface area contributed by atoms with Crippen LogP contribution in [0.2, 0.25) is 0 Å². The molecule has 426 valence electrons. The van der Waals surface area contributed by atoms with E-state index in [0.717, 1.165) is 128 Å². The van der Waals surface area contributed by atoms with Crippen LogP contribution in [0.4, 0.5) is 0 Å². The molecule has 0 spiro atoms. The lowest BCUT2D eigenvalue weighted by atomic mass is 9.83. The van der Waals surface area contributed by atoms with Gasteiger partial charge < -0.3 is 4.57 Å². The van der Waals surface area contributed by atoms with Crippen molar-refractivity contribution in [2.75, 3.05) is 0 Å². The van der Waals surface area contributed by atoms with Gasteiger partial charge in [-0.1, -0.05) is 303 Å². The largest absolute Gasteiger partial charge is 0.308 e. The molecule has 16 aromatic rings. The molecule has 16 rings (SSSR count). The Balaban J connectivity index is 0.971. The standard InChI is InChI=1S/C84H55N7/c1-9-25-56(26-10-1)68-49-51-74-72(53-68)73-54-69(57-27-11-2-12-28-57)50-52-75(73)91(74)78-76(60-29-13-3-14-30-60)70(58-41-45-66(46-42-58)83-87-79(62-33-17-5-18-34-62)85-80(88-83)63-35-19-6-20-36-63)55-71(77(78)61-31-15-4-16-32-61)59-43-47-67(48-44-59)84-89-81(64-37-21-7-22-38-64)86-82(90-84)65-39-23-8-24-40-65/h1-55H. The van der Waals surface area contributed by atoms with Crippen molar-refractivity contribution in [2.45, 2.75) is 0 Å². The summed E-state index contributed by atoms with van der Waals surface area (Å²) in [5.41, 5.74) is 21.7. The van der Waals surface area contributed by atoms with Crippen molar-refractivity contribution < 1.29 is 0 Å². The molecule has 91 heavy (non-hydrogen) atoms. The number of fused-ring (bicyclic) bond motifs is 3. The van der Waals surface area contributed by atoms with Crippen molar-refractivity contribution in [3.8, 4) is 141 Å². The van der Waals surface area contributed by atoms with E-state index in [1.54, 1.807) is 0 Å². The van der Waals surface area contributed by atoms with Crippen molar-refractivity contribution in [1.29, 1.82) is 0 Å². The lowest BCUT2D eigenvalue weighted by Crippen LogP contribution is -2.05. The normalized spacial score (nSPS) is 11.3. The highest BCUT2D eigenvalue weighted by molar-refractivity contribution is 6.14. The lowest BCUT2D eigenvalue weighted by molar-refractivity contribution is 1.07. The molecule has 0 saturated carbocycles. The van der Waals surface area contributed by atoms with E-state index >= 15 is 0 Å². The first-order valence-electron chi connectivity index (χ1n) is 30.6. The molecule has 0 fully saturated rings. The molecule has 13 aromatic carbocycles. The summed E-state index contributed by atoms with van der Waals surface area (Å²) in [7, 11) is 0. The van der Waals surface area contributed by atoms with Crippen molar-refractivity contribution in [3.05, 3.63) is 334 Å². The predicted molar refractivity (Wildman–Crippen MR) is 373 cm³/mol. The number of benzene rings is 13. The van der Waals surface area contributed by atoms with E-state index in [1.807, 2.05) is 121 Å². The van der Waals surface area contributed by atoms with Gasteiger partial charge in [-0.2, -0.15) is 0 Å². The van der Waals surface area contributed by atoms with Crippen molar-refractivity contribution in [3.63, 3.8) is 0 Å². The predicted octanol–water partition coefficient (Wildman–Crippen LogP) is 21.2. The number of rotatable bonds is 13. The van der Waals surface area contributed by atoms with Crippen LogP contribution in [0.25, 0.3) is 163 Å². The maximum Gasteiger partial charge on any atom is 0.164 e. The second kappa shape index (κ2) is 23.7. The third-order valence-electron chi connectivity index (χ3n) is 16.9. The number of aromatic nitrogens is 7. The SMILES string of the molecule is c1ccc(-c2ccc3c(c2)c2cc(-c4ccccc4)ccc2n3-c2c(-c3ccccc3)c(-c3ccc(-c4nc(-c5ccccc5)nc(-c5ccccc5)n4)cc3)cc(-c3ccc(-c4nc(-c5ccccc5)nc(-c5ccccc5)n4)cc3)c2-c2ccccc2)cc1. The summed E-state index contributed by atoms with van der Waals surface area (Å²) in [6.45, 7) is 0. The fraction of sp³-hybridized carbons (Fsp3) is 0. The summed E-state index contributed by atoms with van der Waals surface area (Å²) in [5.74, 6) is 3.61. The van der Waals surface area contributed by atoms with Gasteiger partial charge in [0.2, 0.25) is 0 Å². The molecule has 0 bridgehead atoms. The second-order valence-electron chi connectivity index (χ2n) is 22.6. The van der Waals surface area contributed by atoms with E-state index in [2.05, 4.69) is 217 Å². The monoisotopic (exact) mass is 1160 g/mol. The molecule has 0 amide bonds. The van der Waals surface area contributed by atoms with Crippen LogP contribution in [-0.4, -0.2) is 34.5 Å². The van der Waals surface area contributed by atoms with E-state index in [-0.39, 0.29) is 0 Å². The summed E-state index contributed by atoms with van der Waals surface area (Å²) in [4.78, 5) is 30.7. The van der Waals surface area contributed by atoms with Gasteiger partial charge in [0.1, 0.15) is 0 Å². The van der Waals surface area contributed by atoms with Crippen LogP contribution in [0.5, 0.6) is 0 Å². The Morgan fingerprint density at radius 2 is 0.396 bits per heavy atom. The molecule has 0 saturated heterocycles. The molecule has 0 unspecified atom stereocenters. The van der Waals surface area contributed by atoms with Crippen LogP contribution >= 0.6 is 0 Å². The van der Waals surface area contributed by atoms with Crippen LogP contribution in [0.1, 0.15) is 0 Å². The van der Waals surface area contributed by atoms with Crippen LogP contribution in [-0.2, 0) is 0 Å². The molecule has 0 aliphatic carbocycles. The van der Waals surface area contributed by atoms with Crippen LogP contribution in [0.15, 0.2) is 334 Å². The first-order chi connectivity index (χ1) is 45.1. The van der Waals surface area contributed by atoms with Gasteiger partial charge in [0.05, 0.1) is 16.7 Å². The van der Waals surface area contributed by atoms with Crippen molar-refractivity contribution >= 4 is 21.8 Å². The molecular formula is C84H55N7. The molecular weight excluding hydrogens is 1110 g/mol. The number of hydrogen-bond acceptors (Lipinski definition) is 6. The van der Waals surface area contributed by atoms with Gasteiger partial charge in [-0.15, -0.1) is 0 Å². The zero-order chi connectivity index (χ0) is 60.5. The highest BCUT2D eigenvalue weighted by atomic mass is 15.0. The smallest absolute Gasteiger partial charge is 0.164 e. The Morgan fingerprint density at radius 3 is 0.670 bits per heavy atom. The summed E-state index contributed by atoms with van der Waals surface area (Å²) in [6, 6.07) is 118. The molecule has 3 aromatic heterocycles. The van der Waals surface area contributed by atoms with Crippen molar-refractivity contribution in [1.82, 2.24) is 34.5 Å². The lowest BCUT2D eigenvalue weighted by Gasteiger charge is -2.26. The minimum absolute atomic E-state index is 0.586. The average molecular weight is 1160 g/mol. The molecule has 7 nitrogen and oxygen atoms in total. The van der Waals surface area contributed by atoms with Gasteiger partial charge in [-0.25, -0.2) is 29.9 Å². The summed E-state index contributed by atoms with van der Waals surface area (Å²) >= 11 is 0. The zero-order valence-corrected chi connectivity index (χ0v) is 49.4. The molecule has 0 atom stereocenters. The van der Waals surface area contributed by atoms with Gasteiger partial charge in [0, 0.05) is 55.3 Å². The molecule has 0 radical (unpaired) electrons. The zero-order valence-electron chi connectivity index (χ0n) is 49.4. The van der Waals surface area contributed by atoms with Crippen LogP contribution in [0.3, 0.4) is 0 Å². The maximum absolute atomic E-state index is 5.15. The third-order valence-corrected chi connectivity index (χ3v) is 16.9. The van der Waals surface area contributed by atoms with Gasteiger partial charge in [0.25, 0.3) is 0 Å². The molecule has 7 heteroatoms. The van der Waals surface area contributed by atoms with E-state index in [4.69, 9.17) is 29.9 Å².